The van der Waals surface area contributed by atoms with Crippen molar-refractivity contribution in [2.24, 2.45) is 5.92 Å². The fourth-order valence-electron chi connectivity index (χ4n) is 3.05. The third-order valence-electron chi connectivity index (χ3n) is 4.75. The lowest BCUT2D eigenvalue weighted by Crippen LogP contribution is -2.19. The molecule has 1 aliphatic rings. The summed E-state index contributed by atoms with van der Waals surface area (Å²) in [6.07, 6.45) is 1.80. The van der Waals surface area contributed by atoms with Crippen molar-refractivity contribution >= 4 is 56.1 Å². The number of rotatable bonds is 5. The van der Waals surface area contributed by atoms with E-state index in [9.17, 15) is 9.59 Å². The van der Waals surface area contributed by atoms with E-state index in [1.807, 2.05) is 47.2 Å². The van der Waals surface area contributed by atoms with Crippen LogP contribution in [0.5, 0.6) is 0 Å². The van der Waals surface area contributed by atoms with Gasteiger partial charge in [-0.15, -0.1) is 10.2 Å². The predicted molar refractivity (Wildman–Crippen MR) is 116 cm³/mol. The van der Waals surface area contributed by atoms with Crippen LogP contribution < -0.4 is 10.6 Å². The predicted octanol–water partition coefficient (Wildman–Crippen LogP) is 5.02. The molecule has 1 saturated carbocycles. The van der Waals surface area contributed by atoms with Crippen molar-refractivity contribution < 1.29 is 9.59 Å². The smallest absolute Gasteiger partial charge is 0.259 e. The molecule has 0 aliphatic heterocycles. The second-order valence-electron chi connectivity index (χ2n) is 6.89. The number of thiophene rings is 1. The van der Waals surface area contributed by atoms with E-state index in [4.69, 9.17) is 0 Å². The molecule has 1 fully saturated rings. The summed E-state index contributed by atoms with van der Waals surface area (Å²) in [5.41, 5.74) is 1.90. The molecule has 144 valence electrons. The zero-order chi connectivity index (χ0) is 19.8. The van der Waals surface area contributed by atoms with E-state index in [1.165, 1.54) is 11.3 Å². The Morgan fingerprint density at radius 2 is 1.79 bits per heavy atom. The Kier molecular flexibility index (Phi) is 4.57. The third kappa shape index (κ3) is 3.76. The summed E-state index contributed by atoms with van der Waals surface area (Å²) in [5.74, 6) is -0.312. The molecule has 8 heteroatoms. The summed E-state index contributed by atoms with van der Waals surface area (Å²) < 4.78 is 0. The maximum Gasteiger partial charge on any atom is 0.259 e. The molecule has 0 bridgehead atoms. The van der Waals surface area contributed by atoms with Crippen LogP contribution in [-0.2, 0) is 4.79 Å². The first-order chi connectivity index (χ1) is 14.2. The van der Waals surface area contributed by atoms with Crippen LogP contribution >= 0.6 is 22.7 Å². The standard InChI is InChI=1S/C21H16N4O2S2/c26-18(12-5-6-12)22-17-10-14-4-2-1-3-13(14)9-16(17)19(27)23-21-25-24-20(29-21)15-7-8-28-11-15/h1-4,7-12H,5-6H2,(H,22,26)(H,23,25,27). The lowest BCUT2D eigenvalue weighted by molar-refractivity contribution is -0.117. The third-order valence-corrected chi connectivity index (χ3v) is 6.32. The van der Waals surface area contributed by atoms with Gasteiger partial charge in [0.15, 0.2) is 0 Å². The molecular formula is C21H16N4O2S2. The van der Waals surface area contributed by atoms with Crippen LogP contribution in [0.4, 0.5) is 10.8 Å². The van der Waals surface area contributed by atoms with Gasteiger partial charge in [0.25, 0.3) is 5.91 Å². The summed E-state index contributed by atoms with van der Waals surface area (Å²) >= 11 is 2.90. The van der Waals surface area contributed by atoms with Crippen LogP contribution in [0.25, 0.3) is 21.3 Å². The lowest BCUT2D eigenvalue weighted by Gasteiger charge is -2.12. The van der Waals surface area contributed by atoms with Crippen molar-refractivity contribution in [3.05, 3.63) is 58.8 Å². The van der Waals surface area contributed by atoms with Crippen LogP contribution in [0.2, 0.25) is 0 Å². The molecule has 2 aromatic carbocycles. The number of fused-ring (bicyclic) bond motifs is 1. The molecule has 6 nitrogen and oxygen atoms in total. The van der Waals surface area contributed by atoms with Crippen molar-refractivity contribution in [3.63, 3.8) is 0 Å². The molecule has 0 saturated heterocycles. The molecule has 0 atom stereocenters. The Hall–Kier alpha value is -3.10. The molecule has 5 rings (SSSR count). The van der Waals surface area contributed by atoms with Gasteiger partial charge in [-0.2, -0.15) is 11.3 Å². The number of hydrogen-bond donors (Lipinski definition) is 2. The van der Waals surface area contributed by atoms with E-state index >= 15 is 0 Å². The van der Waals surface area contributed by atoms with Gasteiger partial charge in [-0.3, -0.25) is 14.9 Å². The molecule has 2 aromatic heterocycles. The Balaban J connectivity index is 1.45. The first-order valence-corrected chi connectivity index (χ1v) is 10.9. The van der Waals surface area contributed by atoms with Gasteiger partial charge in [0.2, 0.25) is 11.0 Å². The average molecular weight is 421 g/mol. The van der Waals surface area contributed by atoms with E-state index in [1.54, 1.807) is 17.4 Å². The number of carbonyl (C=O) groups excluding carboxylic acids is 2. The van der Waals surface area contributed by atoms with E-state index in [0.29, 0.717) is 16.4 Å². The first kappa shape index (κ1) is 18.0. The van der Waals surface area contributed by atoms with Crippen LogP contribution in [-0.4, -0.2) is 22.0 Å². The van der Waals surface area contributed by atoms with Crippen LogP contribution in [0.15, 0.2) is 53.2 Å². The summed E-state index contributed by atoms with van der Waals surface area (Å²) in [6.45, 7) is 0. The van der Waals surface area contributed by atoms with Gasteiger partial charge < -0.3 is 5.32 Å². The monoisotopic (exact) mass is 420 g/mol. The molecule has 29 heavy (non-hydrogen) atoms. The van der Waals surface area contributed by atoms with Crippen LogP contribution in [0.3, 0.4) is 0 Å². The SMILES string of the molecule is O=C(Nc1nnc(-c2ccsc2)s1)c1cc2ccccc2cc1NC(=O)C1CC1. The highest BCUT2D eigenvalue weighted by atomic mass is 32.1. The van der Waals surface area contributed by atoms with Crippen molar-refractivity contribution in [2.75, 3.05) is 10.6 Å². The van der Waals surface area contributed by atoms with E-state index in [0.717, 1.165) is 34.2 Å². The average Bonchev–Trinajstić information content (AvgIpc) is 3.24. The van der Waals surface area contributed by atoms with Gasteiger partial charge >= 0.3 is 0 Å². The number of hydrogen-bond acceptors (Lipinski definition) is 6. The van der Waals surface area contributed by atoms with Crippen molar-refractivity contribution in [1.82, 2.24) is 10.2 Å². The second-order valence-corrected chi connectivity index (χ2v) is 8.64. The van der Waals surface area contributed by atoms with Gasteiger partial charge in [-0.25, -0.2) is 0 Å². The summed E-state index contributed by atoms with van der Waals surface area (Å²) in [7, 11) is 0. The lowest BCUT2D eigenvalue weighted by atomic mass is 10.0. The Morgan fingerprint density at radius 3 is 2.52 bits per heavy atom. The Morgan fingerprint density at radius 1 is 1.00 bits per heavy atom. The zero-order valence-corrected chi connectivity index (χ0v) is 16.8. The molecule has 0 unspecified atom stereocenters. The zero-order valence-electron chi connectivity index (χ0n) is 15.2. The molecule has 2 amide bonds. The van der Waals surface area contributed by atoms with Gasteiger partial charge in [0, 0.05) is 16.9 Å². The molecule has 1 aliphatic carbocycles. The van der Waals surface area contributed by atoms with Gasteiger partial charge in [0.1, 0.15) is 5.01 Å². The van der Waals surface area contributed by atoms with E-state index < -0.39 is 0 Å². The summed E-state index contributed by atoms with van der Waals surface area (Å²) in [4.78, 5) is 25.3. The molecule has 2 N–H and O–H groups in total. The first-order valence-electron chi connectivity index (χ1n) is 9.18. The fraction of sp³-hybridized carbons (Fsp3) is 0.143. The Labute approximate surface area is 174 Å². The molecule has 0 spiro atoms. The highest BCUT2D eigenvalue weighted by molar-refractivity contribution is 7.19. The summed E-state index contributed by atoms with van der Waals surface area (Å²) in [5, 5.41) is 21.0. The minimum absolute atomic E-state index is 0.0370. The maximum absolute atomic E-state index is 13.0. The minimum Gasteiger partial charge on any atom is -0.325 e. The quantitative estimate of drug-likeness (QED) is 0.475. The van der Waals surface area contributed by atoms with Crippen molar-refractivity contribution in [1.29, 1.82) is 0 Å². The number of amides is 2. The number of benzene rings is 2. The van der Waals surface area contributed by atoms with Gasteiger partial charge in [0.05, 0.1) is 11.3 Å². The van der Waals surface area contributed by atoms with Crippen LogP contribution in [0.1, 0.15) is 23.2 Å². The number of aromatic nitrogens is 2. The van der Waals surface area contributed by atoms with Crippen molar-refractivity contribution in [2.45, 2.75) is 12.8 Å². The molecule has 4 aromatic rings. The number of nitrogens with one attached hydrogen (secondary N) is 2. The number of anilines is 2. The van der Waals surface area contributed by atoms with Crippen molar-refractivity contribution in [3.8, 4) is 10.6 Å². The fourth-order valence-corrected chi connectivity index (χ4v) is 4.50. The molecule has 2 heterocycles. The summed E-state index contributed by atoms with van der Waals surface area (Å²) in [6, 6.07) is 13.4. The highest BCUT2D eigenvalue weighted by Gasteiger charge is 2.30. The Bertz CT molecular complexity index is 1210. The maximum atomic E-state index is 13.0. The van der Waals surface area contributed by atoms with Crippen LogP contribution in [0, 0.1) is 5.92 Å². The normalized spacial score (nSPS) is 13.4. The van der Waals surface area contributed by atoms with Gasteiger partial charge in [-0.05, 0) is 47.2 Å². The number of nitrogens with zero attached hydrogens (tertiary/aromatic N) is 2. The molecule has 0 radical (unpaired) electrons. The minimum atomic E-state index is -0.324. The number of carbonyl (C=O) groups is 2. The van der Waals surface area contributed by atoms with Gasteiger partial charge in [-0.1, -0.05) is 35.6 Å². The molecular weight excluding hydrogens is 404 g/mol. The second kappa shape index (κ2) is 7.38. The van der Waals surface area contributed by atoms with E-state index in [2.05, 4.69) is 20.8 Å². The topological polar surface area (TPSA) is 84.0 Å². The largest absolute Gasteiger partial charge is 0.325 e. The van der Waals surface area contributed by atoms with E-state index in [-0.39, 0.29) is 17.7 Å². The highest BCUT2D eigenvalue weighted by Crippen LogP contribution is 2.33.